The molecule has 0 bridgehead atoms. The molecule has 0 atom stereocenters. The van der Waals surface area contributed by atoms with E-state index in [0.717, 1.165) is 22.2 Å². The summed E-state index contributed by atoms with van der Waals surface area (Å²) in [5.74, 6) is 0. The van der Waals surface area contributed by atoms with Gasteiger partial charge in [0.25, 0.3) is 0 Å². The van der Waals surface area contributed by atoms with Gasteiger partial charge in [-0.1, -0.05) is 0 Å². The summed E-state index contributed by atoms with van der Waals surface area (Å²) < 4.78 is 38.1. The largest absolute Gasteiger partial charge is 0.389 e. The Morgan fingerprint density at radius 1 is 1.17 bits per heavy atom. The first kappa shape index (κ1) is 12.9. The molecule has 0 unspecified atom stereocenters. The Hall–Kier alpha value is -1.52. The normalized spacial score (nSPS) is 12.3. The SMILES string of the molecule is Cc1cc2ncn(CCCC(F)(F)F)c2cc1C. The Balaban J connectivity index is 2.17. The number of nitrogens with zero attached hydrogens (tertiary/aromatic N) is 2. The van der Waals surface area contributed by atoms with E-state index in [1.54, 1.807) is 10.9 Å². The molecule has 2 nitrogen and oxygen atoms in total. The van der Waals surface area contributed by atoms with Crippen LogP contribution in [0.1, 0.15) is 24.0 Å². The Bertz CT molecular complexity index is 555. The number of halogens is 3. The zero-order valence-electron chi connectivity index (χ0n) is 10.4. The van der Waals surface area contributed by atoms with Crippen molar-refractivity contribution >= 4 is 11.0 Å². The lowest BCUT2D eigenvalue weighted by molar-refractivity contribution is -0.135. The second-order valence-electron chi connectivity index (χ2n) is 4.58. The molecule has 18 heavy (non-hydrogen) atoms. The number of imidazole rings is 1. The highest BCUT2D eigenvalue weighted by molar-refractivity contribution is 5.77. The fourth-order valence-electron chi connectivity index (χ4n) is 1.94. The summed E-state index contributed by atoms with van der Waals surface area (Å²) >= 11 is 0. The van der Waals surface area contributed by atoms with Crippen molar-refractivity contribution in [1.29, 1.82) is 0 Å². The second kappa shape index (κ2) is 4.63. The van der Waals surface area contributed by atoms with E-state index in [0.29, 0.717) is 6.54 Å². The topological polar surface area (TPSA) is 17.8 Å². The first-order valence-electron chi connectivity index (χ1n) is 5.86. The third kappa shape index (κ3) is 2.83. The first-order valence-corrected chi connectivity index (χ1v) is 5.86. The van der Waals surface area contributed by atoms with Crippen molar-refractivity contribution in [2.75, 3.05) is 0 Å². The third-order valence-corrected chi connectivity index (χ3v) is 3.10. The molecule has 0 spiro atoms. The van der Waals surface area contributed by atoms with Crippen LogP contribution in [0, 0.1) is 13.8 Å². The van der Waals surface area contributed by atoms with Crippen molar-refractivity contribution in [2.45, 2.75) is 39.4 Å². The van der Waals surface area contributed by atoms with E-state index in [1.165, 1.54) is 0 Å². The molecule has 0 radical (unpaired) electrons. The summed E-state index contributed by atoms with van der Waals surface area (Å²) in [6, 6.07) is 3.94. The highest BCUT2D eigenvalue weighted by atomic mass is 19.4. The minimum absolute atomic E-state index is 0.0852. The van der Waals surface area contributed by atoms with Gasteiger partial charge >= 0.3 is 6.18 Å². The molecule has 2 rings (SSSR count). The Kier molecular flexibility index (Phi) is 3.32. The molecular weight excluding hydrogens is 241 g/mol. The van der Waals surface area contributed by atoms with Gasteiger partial charge in [-0.25, -0.2) is 4.98 Å². The summed E-state index contributed by atoms with van der Waals surface area (Å²) in [6.07, 6.45) is -3.14. The molecule has 5 heteroatoms. The maximum absolute atomic E-state index is 12.1. The van der Waals surface area contributed by atoms with Crippen molar-refractivity contribution in [2.24, 2.45) is 0 Å². The van der Waals surface area contributed by atoms with E-state index < -0.39 is 12.6 Å². The molecule has 0 amide bonds. The van der Waals surface area contributed by atoms with Crippen molar-refractivity contribution in [3.63, 3.8) is 0 Å². The Morgan fingerprint density at radius 2 is 1.83 bits per heavy atom. The number of hydrogen-bond donors (Lipinski definition) is 0. The second-order valence-corrected chi connectivity index (χ2v) is 4.58. The van der Waals surface area contributed by atoms with Gasteiger partial charge in [-0.2, -0.15) is 13.2 Å². The standard InChI is InChI=1S/C13H15F3N2/c1-9-6-11-12(7-10(9)2)18(8-17-11)5-3-4-13(14,15)16/h6-8H,3-5H2,1-2H3. The van der Waals surface area contributed by atoms with Gasteiger partial charge < -0.3 is 4.57 Å². The first-order chi connectivity index (χ1) is 8.37. The van der Waals surface area contributed by atoms with Crippen molar-refractivity contribution in [3.8, 4) is 0 Å². The minimum atomic E-state index is -4.08. The minimum Gasteiger partial charge on any atom is -0.331 e. The summed E-state index contributed by atoms with van der Waals surface area (Å²) in [4.78, 5) is 4.22. The van der Waals surface area contributed by atoms with Crippen molar-refractivity contribution < 1.29 is 13.2 Å². The van der Waals surface area contributed by atoms with Crippen LogP contribution in [-0.4, -0.2) is 15.7 Å². The van der Waals surface area contributed by atoms with Gasteiger partial charge in [-0.05, 0) is 43.5 Å². The highest BCUT2D eigenvalue weighted by Gasteiger charge is 2.26. The lowest BCUT2D eigenvalue weighted by atomic mass is 10.1. The van der Waals surface area contributed by atoms with E-state index in [9.17, 15) is 13.2 Å². The maximum atomic E-state index is 12.1. The van der Waals surface area contributed by atoms with Gasteiger partial charge in [-0.15, -0.1) is 0 Å². The number of fused-ring (bicyclic) bond motifs is 1. The number of aromatic nitrogens is 2. The molecule has 0 saturated carbocycles. The van der Waals surface area contributed by atoms with Gasteiger partial charge in [0.05, 0.1) is 17.4 Å². The molecular formula is C13H15F3N2. The van der Waals surface area contributed by atoms with E-state index in [4.69, 9.17) is 0 Å². The molecule has 1 aromatic heterocycles. The Labute approximate surface area is 103 Å². The van der Waals surface area contributed by atoms with E-state index >= 15 is 0 Å². The molecule has 2 aromatic rings. The van der Waals surface area contributed by atoms with Gasteiger partial charge in [0.15, 0.2) is 0 Å². The fourth-order valence-corrected chi connectivity index (χ4v) is 1.94. The zero-order valence-corrected chi connectivity index (χ0v) is 10.4. The molecule has 0 aliphatic carbocycles. The average molecular weight is 256 g/mol. The van der Waals surface area contributed by atoms with Crippen LogP contribution in [0.25, 0.3) is 11.0 Å². The monoisotopic (exact) mass is 256 g/mol. The number of aryl methyl sites for hydroxylation is 3. The average Bonchev–Trinajstić information content (AvgIpc) is 2.60. The molecule has 0 N–H and O–H groups in total. The number of hydrogen-bond acceptors (Lipinski definition) is 1. The summed E-state index contributed by atoms with van der Waals surface area (Å²) in [5.41, 5.74) is 4.01. The molecule has 0 saturated heterocycles. The van der Waals surface area contributed by atoms with Gasteiger partial charge in [0.1, 0.15) is 0 Å². The molecule has 1 heterocycles. The van der Waals surface area contributed by atoms with Gasteiger partial charge in [0.2, 0.25) is 0 Å². The number of alkyl halides is 3. The summed E-state index contributed by atoms with van der Waals surface area (Å²) in [6.45, 7) is 4.33. The van der Waals surface area contributed by atoms with Crippen molar-refractivity contribution in [3.05, 3.63) is 29.6 Å². The smallest absolute Gasteiger partial charge is 0.331 e. The maximum Gasteiger partial charge on any atom is 0.389 e. The van der Waals surface area contributed by atoms with Crippen LogP contribution in [0.3, 0.4) is 0 Å². The van der Waals surface area contributed by atoms with Crippen LogP contribution in [0.5, 0.6) is 0 Å². The summed E-state index contributed by atoms with van der Waals surface area (Å²) in [5, 5.41) is 0. The molecule has 0 aliphatic heterocycles. The third-order valence-electron chi connectivity index (χ3n) is 3.10. The Morgan fingerprint density at radius 3 is 2.50 bits per heavy atom. The van der Waals surface area contributed by atoms with Gasteiger partial charge in [-0.3, -0.25) is 0 Å². The van der Waals surface area contributed by atoms with E-state index in [2.05, 4.69) is 4.98 Å². The van der Waals surface area contributed by atoms with Crippen LogP contribution in [0.2, 0.25) is 0 Å². The quantitative estimate of drug-likeness (QED) is 0.811. The molecule has 0 fully saturated rings. The lowest BCUT2D eigenvalue weighted by Crippen LogP contribution is -2.09. The van der Waals surface area contributed by atoms with Crippen LogP contribution < -0.4 is 0 Å². The predicted molar refractivity (Wildman–Crippen MR) is 64.5 cm³/mol. The number of benzene rings is 1. The predicted octanol–water partition coefficient (Wildman–Crippen LogP) is 4.00. The fraction of sp³-hybridized carbons (Fsp3) is 0.462. The van der Waals surface area contributed by atoms with Crippen LogP contribution >= 0.6 is 0 Å². The van der Waals surface area contributed by atoms with Crippen LogP contribution in [-0.2, 0) is 6.54 Å². The van der Waals surface area contributed by atoms with Gasteiger partial charge in [0, 0.05) is 13.0 Å². The highest BCUT2D eigenvalue weighted by Crippen LogP contribution is 2.23. The lowest BCUT2D eigenvalue weighted by Gasteiger charge is -2.08. The van der Waals surface area contributed by atoms with E-state index in [1.807, 2.05) is 26.0 Å². The van der Waals surface area contributed by atoms with Crippen LogP contribution in [0.4, 0.5) is 13.2 Å². The number of rotatable bonds is 3. The molecule has 0 aliphatic rings. The zero-order chi connectivity index (χ0) is 13.3. The van der Waals surface area contributed by atoms with Crippen molar-refractivity contribution in [1.82, 2.24) is 9.55 Å². The van der Waals surface area contributed by atoms with Crippen LogP contribution in [0.15, 0.2) is 18.5 Å². The van der Waals surface area contributed by atoms with E-state index in [-0.39, 0.29) is 6.42 Å². The molecule has 1 aromatic carbocycles. The summed E-state index contributed by atoms with van der Waals surface area (Å²) in [7, 11) is 0. The molecule has 98 valence electrons.